The number of rotatable bonds is 9. The molecular weight excluding hydrogens is 548 g/mol. The molecular formula is C24H29ClN8O5S. The third kappa shape index (κ3) is 6.08. The molecule has 1 N–H and O–H groups in total. The molecule has 2 aliphatic heterocycles. The molecule has 39 heavy (non-hydrogen) atoms. The highest BCUT2D eigenvalue weighted by atomic mass is 35.5. The number of ether oxygens (including phenoxy) is 2. The first-order chi connectivity index (χ1) is 18.7. The van der Waals surface area contributed by atoms with E-state index in [1.165, 1.54) is 22.7 Å². The number of aromatic nitrogens is 4. The van der Waals surface area contributed by atoms with Crippen LogP contribution in [0, 0.1) is 0 Å². The Hall–Kier alpha value is -3.46. The Morgan fingerprint density at radius 1 is 1.18 bits per heavy atom. The molecule has 2 aliphatic rings. The van der Waals surface area contributed by atoms with Crippen molar-refractivity contribution in [2.45, 2.75) is 18.9 Å². The van der Waals surface area contributed by atoms with E-state index in [1.54, 1.807) is 29.4 Å². The second-order valence-corrected chi connectivity index (χ2v) is 11.8. The topological polar surface area (TPSA) is 135 Å². The molecule has 5 rings (SSSR count). The Morgan fingerprint density at radius 2 is 2.00 bits per heavy atom. The lowest BCUT2D eigenvalue weighted by atomic mass is 10.1. The maximum Gasteiger partial charge on any atom is 0.281 e. The molecule has 1 aromatic carbocycles. The summed E-state index contributed by atoms with van der Waals surface area (Å²) in [6.45, 7) is 1.27. The number of hydrogen-bond donors (Lipinski definition) is 1. The third-order valence-corrected chi connectivity index (χ3v) is 8.63. The summed E-state index contributed by atoms with van der Waals surface area (Å²) in [4.78, 5) is 27.9. The molecule has 208 valence electrons. The number of carbonyl (C=O) groups excluding carboxylic acids is 1. The highest BCUT2D eigenvalue weighted by Crippen LogP contribution is 2.32. The van der Waals surface area contributed by atoms with E-state index in [0.29, 0.717) is 42.8 Å². The molecule has 0 radical (unpaired) electrons. The summed E-state index contributed by atoms with van der Waals surface area (Å²) >= 11 is 6.32. The summed E-state index contributed by atoms with van der Waals surface area (Å²) in [6.07, 6.45) is 5.52. The van der Waals surface area contributed by atoms with Crippen LogP contribution in [0.2, 0.25) is 5.15 Å². The van der Waals surface area contributed by atoms with Gasteiger partial charge in [0.2, 0.25) is 18.6 Å². The van der Waals surface area contributed by atoms with Gasteiger partial charge in [0.1, 0.15) is 17.3 Å². The minimum absolute atomic E-state index is 0.0582. The SMILES string of the molecule is CN(C)S(=O)(=O)N1CCN(c2cc(Cl)nc(-n3ccnc3)n2)C(CC(=O)NCCc2ccc3c(c2)OCO3)C1. The van der Waals surface area contributed by atoms with Gasteiger partial charge in [-0.25, -0.2) is 9.97 Å². The fourth-order valence-corrected chi connectivity index (χ4v) is 5.81. The van der Waals surface area contributed by atoms with Gasteiger partial charge < -0.3 is 19.7 Å². The number of amides is 1. The van der Waals surface area contributed by atoms with Crippen LogP contribution >= 0.6 is 11.6 Å². The molecule has 2 aromatic heterocycles. The lowest BCUT2D eigenvalue weighted by molar-refractivity contribution is -0.121. The lowest BCUT2D eigenvalue weighted by Gasteiger charge is -2.41. The van der Waals surface area contributed by atoms with E-state index in [0.717, 1.165) is 5.56 Å². The summed E-state index contributed by atoms with van der Waals surface area (Å²) in [5.41, 5.74) is 1.00. The monoisotopic (exact) mass is 576 g/mol. The summed E-state index contributed by atoms with van der Waals surface area (Å²) in [6, 6.07) is 6.81. The van der Waals surface area contributed by atoms with Crippen LogP contribution in [0.1, 0.15) is 12.0 Å². The Morgan fingerprint density at radius 3 is 2.77 bits per heavy atom. The van der Waals surface area contributed by atoms with E-state index < -0.39 is 16.3 Å². The Balaban J connectivity index is 1.31. The predicted octanol–water partition coefficient (Wildman–Crippen LogP) is 1.09. The molecule has 1 saturated heterocycles. The van der Waals surface area contributed by atoms with E-state index in [9.17, 15) is 13.2 Å². The average molecular weight is 577 g/mol. The first-order valence-corrected chi connectivity index (χ1v) is 14.1. The van der Waals surface area contributed by atoms with E-state index in [1.807, 2.05) is 23.1 Å². The van der Waals surface area contributed by atoms with Crippen molar-refractivity contribution in [3.05, 3.63) is 53.7 Å². The van der Waals surface area contributed by atoms with Crippen LogP contribution in [0.3, 0.4) is 0 Å². The quantitative estimate of drug-likeness (QED) is 0.371. The van der Waals surface area contributed by atoms with Gasteiger partial charge in [0.05, 0.1) is 6.04 Å². The molecule has 1 fully saturated rings. The number of halogens is 1. The first kappa shape index (κ1) is 27.1. The molecule has 0 saturated carbocycles. The molecule has 0 bridgehead atoms. The molecule has 1 amide bonds. The minimum atomic E-state index is -3.67. The van der Waals surface area contributed by atoms with Crippen molar-refractivity contribution >= 4 is 33.5 Å². The van der Waals surface area contributed by atoms with E-state index in [-0.39, 0.29) is 37.4 Å². The number of piperazine rings is 1. The first-order valence-electron chi connectivity index (χ1n) is 12.3. The van der Waals surface area contributed by atoms with Gasteiger partial charge in [-0.1, -0.05) is 17.7 Å². The third-order valence-electron chi connectivity index (χ3n) is 6.53. The van der Waals surface area contributed by atoms with Crippen molar-refractivity contribution < 1.29 is 22.7 Å². The average Bonchev–Trinajstić information content (AvgIpc) is 3.60. The van der Waals surface area contributed by atoms with Crippen LogP contribution in [0.25, 0.3) is 5.95 Å². The zero-order valence-electron chi connectivity index (χ0n) is 21.5. The molecule has 1 atom stereocenters. The van der Waals surface area contributed by atoms with Gasteiger partial charge in [-0.05, 0) is 24.1 Å². The Kier molecular flexibility index (Phi) is 7.88. The number of nitrogens with one attached hydrogen (secondary N) is 1. The number of carbonyl (C=O) groups is 1. The van der Waals surface area contributed by atoms with Crippen LogP contribution in [-0.2, 0) is 21.4 Å². The van der Waals surface area contributed by atoms with Gasteiger partial charge in [-0.3, -0.25) is 9.36 Å². The second kappa shape index (κ2) is 11.3. The molecule has 0 spiro atoms. The fraction of sp³-hybridized carbons (Fsp3) is 0.417. The largest absolute Gasteiger partial charge is 0.454 e. The standard InChI is InChI=1S/C24H29ClN8O5S/c1-30(2)39(35,36)32-9-10-33(22-13-21(25)28-24(29-22)31-8-7-26-15-31)18(14-32)12-23(34)27-6-5-17-3-4-19-20(11-17)38-16-37-19/h3-4,7-8,11,13,15,18H,5-6,9-10,12,14,16H2,1-2H3,(H,27,34). The van der Waals surface area contributed by atoms with Gasteiger partial charge >= 0.3 is 0 Å². The molecule has 3 aromatic rings. The number of hydrogen-bond acceptors (Lipinski definition) is 9. The number of imidazole rings is 1. The van der Waals surface area contributed by atoms with Gasteiger partial charge in [-0.2, -0.15) is 22.0 Å². The molecule has 15 heteroatoms. The minimum Gasteiger partial charge on any atom is -0.454 e. The number of nitrogens with zero attached hydrogens (tertiary/aromatic N) is 7. The Labute approximate surface area is 231 Å². The van der Waals surface area contributed by atoms with Gasteiger partial charge in [-0.15, -0.1) is 0 Å². The number of fused-ring (bicyclic) bond motifs is 1. The fourth-order valence-electron chi connectivity index (χ4n) is 4.51. The van der Waals surface area contributed by atoms with Crippen molar-refractivity contribution in [3.8, 4) is 17.4 Å². The number of anilines is 1. The highest BCUT2D eigenvalue weighted by molar-refractivity contribution is 7.86. The van der Waals surface area contributed by atoms with Crippen LogP contribution < -0.4 is 19.7 Å². The van der Waals surface area contributed by atoms with Crippen molar-refractivity contribution in [1.82, 2.24) is 33.4 Å². The summed E-state index contributed by atoms with van der Waals surface area (Å²) in [5, 5.41) is 3.17. The van der Waals surface area contributed by atoms with E-state index >= 15 is 0 Å². The van der Waals surface area contributed by atoms with Crippen LogP contribution in [-0.4, -0.2) is 95.6 Å². The van der Waals surface area contributed by atoms with Gasteiger partial charge in [0.25, 0.3) is 10.2 Å². The summed E-state index contributed by atoms with van der Waals surface area (Å²) in [5.74, 6) is 2.02. The molecule has 13 nitrogen and oxygen atoms in total. The van der Waals surface area contributed by atoms with Crippen molar-refractivity contribution in [2.75, 3.05) is 52.0 Å². The normalized spacial score (nSPS) is 17.5. The summed E-state index contributed by atoms with van der Waals surface area (Å²) in [7, 11) is -0.695. The maximum atomic E-state index is 13.0. The van der Waals surface area contributed by atoms with Gasteiger partial charge in [0.15, 0.2) is 11.5 Å². The van der Waals surface area contributed by atoms with Gasteiger partial charge in [0, 0.05) is 65.2 Å². The van der Waals surface area contributed by atoms with E-state index in [4.69, 9.17) is 21.1 Å². The van der Waals surface area contributed by atoms with E-state index in [2.05, 4.69) is 20.3 Å². The molecule has 0 aliphatic carbocycles. The zero-order chi connectivity index (χ0) is 27.6. The van der Waals surface area contributed by atoms with Crippen molar-refractivity contribution in [2.24, 2.45) is 0 Å². The van der Waals surface area contributed by atoms with Crippen LogP contribution in [0.4, 0.5) is 5.82 Å². The maximum absolute atomic E-state index is 13.0. The van der Waals surface area contributed by atoms with Crippen molar-refractivity contribution in [3.63, 3.8) is 0 Å². The van der Waals surface area contributed by atoms with Crippen molar-refractivity contribution in [1.29, 1.82) is 0 Å². The zero-order valence-corrected chi connectivity index (χ0v) is 23.1. The smallest absolute Gasteiger partial charge is 0.281 e. The highest BCUT2D eigenvalue weighted by Gasteiger charge is 2.36. The van der Waals surface area contributed by atoms with Crippen LogP contribution in [0.15, 0.2) is 43.0 Å². The molecule has 1 unspecified atom stereocenters. The number of benzene rings is 1. The second-order valence-electron chi connectivity index (χ2n) is 9.31. The molecule has 4 heterocycles. The summed E-state index contributed by atoms with van der Waals surface area (Å²) < 4.78 is 40.7. The Bertz CT molecular complexity index is 1440. The lowest BCUT2D eigenvalue weighted by Crippen LogP contribution is -2.58. The van der Waals surface area contributed by atoms with Crippen LogP contribution in [0.5, 0.6) is 11.5 Å². The predicted molar refractivity (Wildman–Crippen MR) is 143 cm³/mol.